The molecule has 6 nitrogen and oxygen atoms in total. The minimum atomic E-state index is -0.412. The predicted molar refractivity (Wildman–Crippen MR) is 127 cm³/mol. The van der Waals surface area contributed by atoms with E-state index < -0.39 is 5.97 Å². The van der Waals surface area contributed by atoms with Crippen LogP contribution in [0.4, 0.5) is 0 Å². The summed E-state index contributed by atoms with van der Waals surface area (Å²) in [5, 5.41) is 9.40. The average Bonchev–Trinajstić information content (AvgIpc) is 3.21. The van der Waals surface area contributed by atoms with Crippen molar-refractivity contribution in [3.05, 3.63) is 83.4 Å². The second-order valence-corrected chi connectivity index (χ2v) is 7.70. The number of hydrogen-bond donors (Lipinski definition) is 0. The van der Waals surface area contributed by atoms with Gasteiger partial charge in [0.1, 0.15) is 0 Å². The molecule has 3 aromatic carbocycles. The summed E-state index contributed by atoms with van der Waals surface area (Å²) in [4.78, 5) is 17.1. The van der Waals surface area contributed by atoms with Crippen molar-refractivity contribution >= 4 is 17.0 Å². The highest BCUT2D eigenvalue weighted by Crippen LogP contribution is 2.28. The van der Waals surface area contributed by atoms with E-state index in [9.17, 15) is 10.1 Å². The largest absolute Gasteiger partial charge is 0.465 e. The Morgan fingerprint density at radius 2 is 1.85 bits per heavy atom. The number of nitrogens with zero attached hydrogens (tertiary/aromatic N) is 3. The quantitative estimate of drug-likeness (QED) is 0.264. The maximum Gasteiger partial charge on any atom is 0.340 e. The summed E-state index contributed by atoms with van der Waals surface area (Å²) >= 11 is 0. The molecular weight excluding hydrogens is 414 g/mol. The third-order valence-electron chi connectivity index (χ3n) is 5.52. The van der Waals surface area contributed by atoms with Crippen LogP contribution < -0.4 is 4.74 Å². The van der Waals surface area contributed by atoms with Crippen LogP contribution in [-0.4, -0.2) is 29.2 Å². The lowest BCUT2D eigenvalue weighted by atomic mass is 9.99. The monoisotopic (exact) mass is 439 g/mol. The van der Waals surface area contributed by atoms with Crippen molar-refractivity contribution in [2.75, 3.05) is 13.7 Å². The van der Waals surface area contributed by atoms with Crippen LogP contribution in [0.15, 0.2) is 66.7 Å². The van der Waals surface area contributed by atoms with Gasteiger partial charge < -0.3 is 9.47 Å². The van der Waals surface area contributed by atoms with Gasteiger partial charge >= 0.3 is 5.97 Å². The molecule has 0 bridgehead atoms. The molecule has 4 aromatic rings. The van der Waals surface area contributed by atoms with E-state index in [2.05, 4.69) is 18.0 Å². The summed E-state index contributed by atoms with van der Waals surface area (Å²) in [5.41, 5.74) is 5.36. The standard InChI is InChI=1S/C27H25N3O3/c1-3-4-16-33-27-29-24-11-7-10-23(26(31)32-2)25(24)30(27)18-19-12-14-20(15-13-19)22-9-6-5-8-21(22)17-28/h5-15H,3-4,16,18H2,1-2H3. The zero-order valence-corrected chi connectivity index (χ0v) is 18.7. The maximum absolute atomic E-state index is 12.4. The molecule has 0 spiro atoms. The highest BCUT2D eigenvalue weighted by Gasteiger charge is 2.20. The number of esters is 1. The summed E-state index contributed by atoms with van der Waals surface area (Å²) in [5.74, 6) is -0.412. The van der Waals surface area contributed by atoms with Gasteiger partial charge in [-0.15, -0.1) is 0 Å². The number of para-hydroxylation sites is 1. The summed E-state index contributed by atoms with van der Waals surface area (Å²) in [6.07, 6.45) is 1.93. The maximum atomic E-state index is 12.4. The van der Waals surface area contributed by atoms with Gasteiger partial charge in [0.15, 0.2) is 0 Å². The normalized spacial score (nSPS) is 10.7. The van der Waals surface area contributed by atoms with Crippen molar-refractivity contribution in [2.45, 2.75) is 26.3 Å². The summed E-state index contributed by atoms with van der Waals surface area (Å²) < 4.78 is 12.9. The van der Waals surface area contributed by atoms with Crippen LogP contribution in [0, 0.1) is 11.3 Å². The van der Waals surface area contributed by atoms with Gasteiger partial charge in [0, 0.05) is 0 Å². The van der Waals surface area contributed by atoms with Crippen molar-refractivity contribution < 1.29 is 14.3 Å². The fourth-order valence-electron chi connectivity index (χ4n) is 3.81. The van der Waals surface area contributed by atoms with Gasteiger partial charge in [-0.1, -0.05) is 61.9 Å². The van der Waals surface area contributed by atoms with E-state index in [0.29, 0.717) is 41.3 Å². The summed E-state index contributed by atoms with van der Waals surface area (Å²) in [6.45, 7) is 3.14. The number of nitriles is 1. The first kappa shape index (κ1) is 22.1. The lowest BCUT2D eigenvalue weighted by Crippen LogP contribution is -2.09. The van der Waals surface area contributed by atoms with Gasteiger partial charge in [0.05, 0.1) is 48.5 Å². The van der Waals surface area contributed by atoms with E-state index in [1.165, 1.54) is 7.11 Å². The SMILES string of the molecule is CCCCOc1nc2cccc(C(=O)OC)c2n1Cc1ccc(-c2ccccc2C#N)cc1. The number of carbonyl (C=O) groups excluding carboxylic acids is 1. The van der Waals surface area contributed by atoms with Gasteiger partial charge in [-0.2, -0.15) is 10.2 Å². The third-order valence-corrected chi connectivity index (χ3v) is 5.52. The molecule has 0 radical (unpaired) electrons. The Kier molecular flexibility index (Phi) is 6.70. The Hall–Kier alpha value is -4.11. The van der Waals surface area contributed by atoms with Crippen LogP contribution in [0.1, 0.15) is 41.3 Å². The van der Waals surface area contributed by atoms with Gasteiger partial charge in [-0.05, 0) is 41.3 Å². The van der Waals surface area contributed by atoms with E-state index in [-0.39, 0.29) is 0 Å². The molecule has 6 heteroatoms. The fourth-order valence-corrected chi connectivity index (χ4v) is 3.81. The van der Waals surface area contributed by atoms with Gasteiger partial charge in [-0.25, -0.2) is 4.79 Å². The molecule has 1 heterocycles. The molecule has 4 rings (SSSR count). The Balaban J connectivity index is 1.73. The van der Waals surface area contributed by atoms with Gasteiger partial charge in [0.25, 0.3) is 6.01 Å². The van der Waals surface area contributed by atoms with E-state index >= 15 is 0 Å². The van der Waals surface area contributed by atoms with Gasteiger partial charge in [-0.3, -0.25) is 4.57 Å². The van der Waals surface area contributed by atoms with Crippen molar-refractivity contribution in [1.82, 2.24) is 9.55 Å². The second-order valence-electron chi connectivity index (χ2n) is 7.70. The van der Waals surface area contributed by atoms with Crippen molar-refractivity contribution in [3.8, 4) is 23.2 Å². The number of fused-ring (bicyclic) bond motifs is 1. The number of ether oxygens (including phenoxy) is 2. The molecule has 0 N–H and O–H groups in total. The van der Waals surface area contributed by atoms with Crippen LogP contribution in [0.25, 0.3) is 22.2 Å². The molecule has 0 unspecified atom stereocenters. The fraction of sp³-hybridized carbons (Fsp3) is 0.222. The molecule has 0 aliphatic rings. The lowest BCUT2D eigenvalue weighted by Gasteiger charge is -2.12. The van der Waals surface area contributed by atoms with E-state index in [0.717, 1.165) is 29.5 Å². The molecule has 166 valence electrons. The first-order chi connectivity index (χ1) is 16.2. The smallest absolute Gasteiger partial charge is 0.340 e. The number of carbonyl (C=O) groups is 1. The van der Waals surface area contributed by atoms with Crippen LogP contribution in [0.5, 0.6) is 6.01 Å². The average molecular weight is 440 g/mol. The number of imidazole rings is 1. The van der Waals surface area contributed by atoms with Crippen LogP contribution in [-0.2, 0) is 11.3 Å². The second kappa shape index (κ2) is 10.0. The Bertz CT molecular complexity index is 1320. The molecule has 0 amide bonds. The Morgan fingerprint density at radius 1 is 1.06 bits per heavy atom. The van der Waals surface area contributed by atoms with Crippen LogP contribution in [0.3, 0.4) is 0 Å². The number of unbranched alkanes of at least 4 members (excludes halogenated alkanes) is 1. The molecule has 0 atom stereocenters. The molecule has 1 aromatic heterocycles. The van der Waals surface area contributed by atoms with Gasteiger partial charge in [0.2, 0.25) is 0 Å². The highest BCUT2D eigenvalue weighted by molar-refractivity contribution is 6.02. The van der Waals surface area contributed by atoms with Crippen LogP contribution >= 0.6 is 0 Å². The molecule has 0 saturated carbocycles. The van der Waals surface area contributed by atoms with Crippen molar-refractivity contribution in [3.63, 3.8) is 0 Å². The van der Waals surface area contributed by atoms with Crippen molar-refractivity contribution in [2.24, 2.45) is 0 Å². The number of aromatic nitrogens is 2. The molecule has 0 aliphatic heterocycles. The minimum Gasteiger partial charge on any atom is -0.465 e. The minimum absolute atomic E-state index is 0.412. The third kappa shape index (κ3) is 4.58. The first-order valence-corrected chi connectivity index (χ1v) is 10.9. The molecule has 0 saturated heterocycles. The zero-order chi connectivity index (χ0) is 23.2. The number of hydrogen-bond acceptors (Lipinski definition) is 5. The van der Waals surface area contributed by atoms with E-state index in [1.54, 1.807) is 12.1 Å². The van der Waals surface area contributed by atoms with E-state index in [4.69, 9.17) is 9.47 Å². The molecule has 33 heavy (non-hydrogen) atoms. The number of benzene rings is 3. The number of methoxy groups -OCH3 is 1. The first-order valence-electron chi connectivity index (χ1n) is 10.9. The van der Waals surface area contributed by atoms with Crippen molar-refractivity contribution in [1.29, 1.82) is 5.26 Å². The van der Waals surface area contributed by atoms with Crippen LogP contribution in [0.2, 0.25) is 0 Å². The Labute approximate surface area is 193 Å². The topological polar surface area (TPSA) is 77.1 Å². The van der Waals surface area contributed by atoms with E-state index in [1.807, 2.05) is 59.2 Å². The Morgan fingerprint density at radius 3 is 2.58 bits per heavy atom. The lowest BCUT2D eigenvalue weighted by molar-refractivity contribution is 0.0602. The zero-order valence-electron chi connectivity index (χ0n) is 18.7. The summed E-state index contributed by atoms with van der Waals surface area (Å²) in [7, 11) is 1.37. The molecule has 0 fully saturated rings. The molecular formula is C27H25N3O3. The molecule has 0 aliphatic carbocycles. The predicted octanol–water partition coefficient (Wildman–Crippen LogP) is 5.59. The summed E-state index contributed by atoms with van der Waals surface area (Å²) in [6, 6.07) is 23.7. The highest BCUT2D eigenvalue weighted by atomic mass is 16.5. The number of rotatable bonds is 8.